The van der Waals surface area contributed by atoms with Crippen molar-refractivity contribution >= 4 is 5.91 Å². The highest BCUT2D eigenvalue weighted by Crippen LogP contribution is 1.97. The van der Waals surface area contributed by atoms with Gasteiger partial charge in [-0.25, -0.2) is 0 Å². The summed E-state index contributed by atoms with van der Waals surface area (Å²) < 4.78 is 5.42. The Hall–Kier alpha value is -0.650. The van der Waals surface area contributed by atoms with Gasteiger partial charge in [-0.15, -0.1) is 0 Å². The highest BCUT2D eigenvalue weighted by Gasteiger charge is 2.15. The van der Waals surface area contributed by atoms with Crippen molar-refractivity contribution in [2.45, 2.75) is 40.2 Å². The Kier molecular flexibility index (Phi) is 12.0. The molecule has 0 aromatic rings. The van der Waals surface area contributed by atoms with Crippen LogP contribution >= 0.6 is 0 Å². The minimum absolute atomic E-state index is 0. The first-order valence-corrected chi connectivity index (χ1v) is 7.50. The molecule has 0 aromatic heterocycles. The first-order valence-electron chi connectivity index (χ1n) is 7.50. The van der Waals surface area contributed by atoms with Crippen molar-refractivity contribution < 1.29 is 11.0 Å². The number of ether oxygens (including phenoxy) is 1. The van der Waals surface area contributed by atoms with Gasteiger partial charge >= 0.3 is 0 Å². The van der Waals surface area contributed by atoms with Crippen LogP contribution < -0.4 is 10.6 Å². The molecule has 5 nitrogen and oxygen atoms in total. The predicted octanol–water partition coefficient (Wildman–Crippen LogP) is 1.10. The number of piperazine rings is 1. The van der Waals surface area contributed by atoms with Gasteiger partial charge in [0.2, 0.25) is 5.91 Å². The average molecular weight is 275 g/mol. The molecule has 1 saturated heterocycles. The zero-order valence-corrected chi connectivity index (χ0v) is 13.0. The number of nitrogens with zero attached hydrogens (tertiary/aromatic N) is 1. The van der Waals surface area contributed by atoms with Crippen molar-refractivity contribution in [3.05, 3.63) is 0 Å². The van der Waals surface area contributed by atoms with Gasteiger partial charge in [0.25, 0.3) is 0 Å². The fourth-order valence-corrected chi connectivity index (χ4v) is 1.75. The summed E-state index contributed by atoms with van der Waals surface area (Å²) in [4.78, 5) is 13.7. The molecule has 0 spiro atoms. The standard InChI is InChI=1S/C12H25N3O2.C2H6.H2/c1-11(2)14-6-10-17-9-3-12(16)15-7-4-13-5-8-15;1-2;/h11,13-14H,3-10H2,1-2H3;1-2H3;1H. The van der Waals surface area contributed by atoms with Gasteiger partial charge in [0.15, 0.2) is 0 Å². The lowest BCUT2D eigenvalue weighted by molar-refractivity contribution is -0.132. The first kappa shape index (κ1) is 18.4. The van der Waals surface area contributed by atoms with Gasteiger partial charge in [-0.05, 0) is 0 Å². The molecule has 0 atom stereocenters. The molecule has 0 aliphatic carbocycles. The molecule has 1 rings (SSSR count). The van der Waals surface area contributed by atoms with Crippen LogP contribution in [-0.2, 0) is 9.53 Å². The molecule has 5 heteroatoms. The Morgan fingerprint density at radius 1 is 1.32 bits per heavy atom. The smallest absolute Gasteiger partial charge is 0.224 e. The third-order valence-corrected chi connectivity index (χ3v) is 2.73. The van der Waals surface area contributed by atoms with Crippen LogP contribution in [0.25, 0.3) is 0 Å². The van der Waals surface area contributed by atoms with E-state index in [1.54, 1.807) is 0 Å². The summed E-state index contributed by atoms with van der Waals surface area (Å²) in [5.41, 5.74) is 0. The lowest BCUT2D eigenvalue weighted by Gasteiger charge is -2.27. The van der Waals surface area contributed by atoms with Crippen molar-refractivity contribution in [2.75, 3.05) is 45.9 Å². The van der Waals surface area contributed by atoms with E-state index in [0.717, 1.165) is 32.7 Å². The maximum absolute atomic E-state index is 11.7. The van der Waals surface area contributed by atoms with E-state index in [9.17, 15) is 4.79 Å². The number of carbonyl (C=O) groups is 1. The number of nitrogens with one attached hydrogen (secondary N) is 2. The molecule has 0 bridgehead atoms. The molecule has 0 saturated carbocycles. The Morgan fingerprint density at radius 3 is 2.53 bits per heavy atom. The van der Waals surface area contributed by atoms with Gasteiger partial charge in [0.05, 0.1) is 19.6 Å². The summed E-state index contributed by atoms with van der Waals surface area (Å²) in [5.74, 6) is 0.211. The molecule has 1 fully saturated rings. The van der Waals surface area contributed by atoms with E-state index < -0.39 is 0 Å². The fraction of sp³-hybridized carbons (Fsp3) is 0.929. The van der Waals surface area contributed by atoms with E-state index in [1.807, 2.05) is 18.7 Å². The molecule has 1 aliphatic heterocycles. The maximum atomic E-state index is 11.7. The summed E-state index contributed by atoms with van der Waals surface area (Å²) in [6.45, 7) is 13.7. The van der Waals surface area contributed by atoms with Gasteiger partial charge in [0.1, 0.15) is 0 Å². The van der Waals surface area contributed by atoms with Crippen LogP contribution in [0.2, 0.25) is 0 Å². The number of amides is 1. The zero-order chi connectivity index (χ0) is 14.5. The van der Waals surface area contributed by atoms with Gasteiger partial charge in [-0.2, -0.15) is 0 Å². The normalized spacial score (nSPS) is 15.1. The quantitative estimate of drug-likeness (QED) is 0.683. The number of rotatable bonds is 7. The molecule has 1 heterocycles. The minimum atomic E-state index is 0. The minimum Gasteiger partial charge on any atom is -0.380 e. The highest BCUT2D eigenvalue weighted by molar-refractivity contribution is 5.76. The fourth-order valence-electron chi connectivity index (χ4n) is 1.75. The van der Waals surface area contributed by atoms with E-state index >= 15 is 0 Å². The monoisotopic (exact) mass is 275 g/mol. The van der Waals surface area contributed by atoms with Gasteiger partial charge in [0, 0.05) is 40.2 Å². The third kappa shape index (κ3) is 9.87. The van der Waals surface area contributed by atoms with Crippen molar-refractivity contribution in [1.29, 1.82) is 0 Å². The Labute approximate surface area is 119 Å². The van der Waals surface area contributed by atoms with Crippen LogP contribution in [0.1, 0.15) is 35.5 Å². The average Bonchev–Trinajstić information content (AvgIpc) is 2.45. The van der Waals surface area contributed by atoms with Crippen LogP contribution in [0.3, 0.4) is 0 Å². The van der Waals surface area contributed by atoms with E-state index in [1.165, 1.54) is 0 Å². The second-order valence-corrected chi connectivity index (χ2v) is 4.60. The summed E-state index contributed by atoms with van der Waals surface area (Å²) in [6, 6.07) is 0.487. The first-order chi connectivity index (χ1) is 9.20. The summed E-state index contributed by atoms with van der Waals surface area (Å²) in [5, 5.41) is 6.50. The SMILES string of the molecule is CC.CC(C)NCCOCCC(=O)N1CCNCC1.[HH]. The van der Waals surface area contributed by atoms with Crippen molar-refractivity contribution in [3.8, 4) is 0 Å². The van der Waals surface area contributed by atoms with Crippen molar-refractivity contribution in [2.24, 2.45) is 0 Å². The predicted molar refractivity (Wildman–Crippen MR) is 81.5 cm³/mol. The van der Waals surface area contributed by atoms with E-state index in [2.05, 4.69) is 24.5 Å². The highest BCUT2D eigenvalue weighted by atomic mass is 16.5. The third-order valence-electron chi connectivity index (χ3n) is 2.73. The van der Waals surface area contributed by atoms with E-state index in [4.69, 9.17) is 4.74 Å². The van der Waals surface area contributed by atoms with Gasteiger partial charge in [-0.3, -0.25) is 4.79 Å². The van der Waals surface area contributed by atoms with E-state index in [0.29, 0.717) is 25.7 Å². The Bertz CT molecular complexity index is 222. The molecule has 116 valence electrons. The van der Waals surface area contributed by atoms with Crippen LogP contribution in [0, 0.1) is 0 Å². The Morgan fingerprint density at radius 2 is 1.95 bits per heavy atom. The molecule has 0 aromatic carbocycles. The largest absolute Gasteiger partial charge is 0.380 e. The second-order valence-electron chi connectivity index (χ2n) is 4.60. The molecule has 0 radical (unpaired) electrons. The molecular formula is C14H33N3O2. The topological polar surface area (TPSA) is 53.6 Å². The molecule has 1 aliphatic rings. The van der Waals surface area contributed by atoms with Crippen molar-refractivity contribution in [3.63, 3.8) is 0 Å². The van der Waals surface area contributed by atoms with Gasteiger partial charge in [-0.1, -0.05) is 27.7 Å². The molecule has 19 heavy (non-hydrogen) atoms. The number of hydrogen-bond donors (Lipinski definition) is 2. The summed E-state index contributed by atoms with van der Waals surface area (Å²) in [6.07, 6.45) is 0.502. The van der Waals surface area contributed by atoms with Crippen LogP contribution in [-0.4, -0.2) is 62.8 Å². The maximum Gasteiger partial charge on any atom is 0.224 e. The summed E-state index contributed by atoms with van der Waals surface area (Å²) >= 11 is 0. The van der Waals surface area contributed by atoms with E-state index in [-0.39, 0.29) is 7.33 Å². The van der Waals surface area contributed by atoms with Crippen LogP contribution in [0.5, 0.6) is 0 Å². The summed E-state index contributed by atoms with van der Waals surface area (Å²) in [7, 11) is 0. The number of hydrogen-bond acceptors (Lipinski definition) is 4. The number of carbonyl (C=O) groups excluding carboxylic acids is 1. The lowest BCUT2D eigenvalue weighted by atomic mass is 10.3. The molecule has 2 N–H and O–H groups in total. The van der Waals surface area contributed by atoms with Crippen LogP contribution in [0.15, 0.2) is 0 Å². The molecular weight excluding hydrogens is 242 g/mol. The second kappa shape index (κ2) is 12.4. The lowest BCUT2D eigenvalue weighted by Crippen LogP contribution is -2.46. The zero-order valence-electron chi connectivity index (χ0n) is 13.0. The Balaban J connectivity index is 0. The van der Waals surface area contributed by atoms with Crippen molar-refractivity contribution in [1.82, 2.24) is 15.5 Å². The van der Waals surface area contributed by atoms with Gasteiger partial charge < -0.3 is 20.3 Å². The molecule has 0 unspecified atom stereocenters. The molecule has 1 amide bonds. The van der Waals surface area contributed by atoms with Crippen LogP contribution in [0.4, 0.5) is 0 Å².